The Labute approximate surface area is 171 Å². The Kier molecular flexibility index (Phi) is 6.44. The van der Waals surface area contributed by atoms with E-state index in [1.54, 1.807) is 18.2 Å². The van der Waals surface area contributed by atoms with Gasteiger partial charge in [0.25, 0.3) is 5.91 Å². The highest BCUT2D eigenvalue weighted by Gasteiger charge is 2.35. The van der Waals surface area contributed by atoms with Crippen LogP contribution in [-0.4, -0.2) is 41.8 Å². The van der Waals surface area contributed by atoms with E-state index in [0.29, 0.717) is 18.7 Å². The van der Waals surface area contributed by atoms with Crippen LogP contribution in [0, 0.1) is 3.57 Å². The van der Waals surface area contributed by atoms with Gasteiger partial charge < -0.3 is 15.0 Å². The van der Waals surface area contributed by atoms with E-state index in [1.807, 2.05) is 36.4 Å². The normalized spacial score (nSPS) is 16.6. The van der Waals surface area contributed by atoms with Gasteiger partial charge in [-0.25, -0.2) is 0 Å². The lowest BCUT2D eigenvalue weighted by atomic mass is 10.1. The number of carbonyl (C=O) groups excluding carboxylic acids is 3. The predicted octanol–water partition coefficient (Wildman–Crippen LogP) is 2.37. The molecule has 0 spiro atoms. The van der Waals surface area contributed by atoms with Gasteiger partial charge in [-0.15, -0.1) is 0 Å². The van der Waals surface area contributed by atoms with Gasteiger partial charge in [-0.3, -0.25) is 14.4 Å². The number of hydrogen-bond acceptors (Lipinski definition) is 4. The predicted molar refractivity (Wildman–Crippen MR) is 108 cm³/mol. The van der Waals surface area contributed by atoms with Gasteiger partial charge in [0, 0.05) is 22.2 Å². The van der Waals surface area contributed by atoms with Gasteiger partial charge in [-0.05, 0) is 46.4 Å². The molecule has 1 heterocycles. The molecular weight excluding hydrogens is 459 g/mol. The summed E-state index contributed by atoms with van der Waals surface area (Å²) < 4.78 is 6.20. The molecule has 1 aliphatic heterocycles. The Morgan fingerprint density at radius 2 is 1.93 bits per heavy atom. The second-order valence-corrected chi connectivity index (χ2v) is 7.41. The third kappa shape index (κ3) is 5.06. The molecule has 7 heteroatoms. The molecule has 140 valence electrons. The summed E-state index contributed by atoms with van der Waals surface area (Å²) in [5.74, 6) is -1.11. The average molecular weight is 478 g/mol. The van der Waals surface area contributed by atoms with Gasteiger partial charge in [-0.1, -0.05) is 36.4 Å². The number of ether oxygens (including phenoxy) is 1. The summed E-state index contributed by atoms with van der Waals surface area (Å²) in [5, 5.41) is 2.72. The molecule has 0 bridgehead atoms. The number of hydrogen-bond donors (Lipinski definition) is 1. The summed E-state index contributed by atoms with van der Waals surface area (Å²) in [6.45, 7) is 0.857. The van der Waals surface area contributed by atoms with Crippen LogP contribution in [0.4, 0.5) is 0 Å². The molecule has 1 saturated heterocycles. The minimum absolute atomic E-state index is 0.138. The van der Waals surface area contributed by atoms with Crippen LogP contribution in [0.25, 0.3) is 0 Å². The highest BCUT2D eigenvalue weighted by atomic mass is 127. The van der Waals surface area contributed by atoms with E-state index in [1.165, 1.54) is 4.90 Å². The average Bonchev–Trinajstić information content (AvgIpc) is 2.68. The highest BCUT2D eigenvalue weighted by Crippen LogP contribution is 2.17. The monoisotopic (exact) mass is 478 g/mol. The van der Waals surface area contributed by atoms with Crippen molar-refractivity contribution in [3.05, 3.63) is 69.3 Å². The summed E-state index contributed by atoms with van der Waals surface area (Å²) in [6, 6.07) is 15.6. The molecule has 0 aliphatic carbocycles. The van der Waals surface area contributed by atoms with Crippen molar-refractivity contribution in [2.45, 2.75) is 19.1 Å². The zero-order chi connectivity index (χ0) is 19.2. The number of benzene rings is 2. The van der Waals surface area contributed by atoms with Gasteiger partial charge in [0.1, 0.15) is 12.6 Å². The third-order valence-corrected chi connectivity index (χ3v) is 4.94. The van der Waals surface area contributed by atoms with Crippen LogP contribution in [0.2, 0.25) is 0 Å². The van der Waals surface area contributed by atoms with Gasteiger partial charge >= 0.3 is 5.97 Å². The first-order valence-corrected chi connectivity index (χ1v) is 9.66. The van der Waals surface area contributed by atoms with Crippen LogP contribution in [0.15, 0.2) is 54.6 Å². The van der Waals surface area contributed by atoms with Crippen molar-refractivity contribution >= 4 is 40.4 Å². The van der Waals surface area contributed by atoms with Gasteiger partial charge in [0.05, 0.1) is 6.42 Å². The number of amides is 2. The molecule has 2 aromatic carbocycles. The number of esters is 1. The van der Waals surface area contributed by atoms with Crippen LogP contribution in [0.3, 0.4) is 0 Å². The van der Waals surface area contributed by atoms with E-state index >= 15 is 0 Å². The minimum atomic E-state index is -0.868. The first-order chi connectivity index (χ1) is 13.0. The summed E-state index contributed by atoms with van der Waals surface area (Å²) in [4.78, 5) is 38.9. The second-order valence-electron chi connectivity index (χ2n) is 6.17. The molecule has 6 nitrogen and oxygen atoms in total. The number of nitrogens with zero attached hydrogens (tertiary/aromatic N) is 1. The van der Waals surface area contributed by atoms with Crippen molar-refractivity contribution in [2.24, 2.45) is 0 Å². The van der Waals surface area contributed by atoms with Crippen LogP contribution in [-0.2, 0) is 20.9 Å². The van der Waals surface area contributed by atoms with Crippen molar-refractivity contribution in [2.75, 3.05) is 13.1 Å². The molecule has 1 unspecified atom stereocenters. The fourth-order valence-electron chi connectivity index (χ4n) is 2.90. The molecule has 1 fully saturated rings. The number of rotatable bonds is 5. The van der Waals surface area contributed by atoms with Gasteiger partial charge in [-0.2, -0.15) is 0 Å². The van der Waals surface area contributed by atoms with Crippen molar-refractivity contribution in [3.8, 4) is 0 Å². The van der Waals surface area contributed by atoms with Crippen LogP contribution < -0.4 is 5.32 Å². The molecule has 1 atom stereocenters. The molecule has 0 radical (unpaired) electrons. The van der Waals surface area contributed by atoms with E-state index in [0.717, 1.165) is 9.13 Å². The van der Waals surface area contributed by atoms with E-state index in [4.69, 9.17) is 4.74 Å². The van der Waals surface area contributed by atoms with Crippen molar-refractivity contribution in [1.29, 1.82) is 0 Å². The molecule has 2 amide bonds. The van der Waals surface area contributed by atoms with Crippen molar-refractivity contribution < 1.29 is 19.1 Å². The smallest absolute Gasteiger partial charge is 0.308 e. The lowest BCUT2D eigenvalue weighted by molar-refractivity contribution is -0.148. The van der Waals surface area contributed by atoms with E-state index < -0.39 is 12.0 Å². The molecule has 0 aromatic heterocycles. The molecule has 1 N–H and O–H groups in total. The van der Waals surface area contributed by atoms with Crippen LogP contribution >= 0.6 is 22.6 Å². The molecule has 1 aliphatic rings. The maximum absolute atomic E-state index is 12.9. The summed E-state index contributed by atoms with van der Waals surface area (Å²) in [5.41, 5.74) is 1.37. The maximum Gasteiger partial charge on any atom is 0.308 e. The molecule has 2 aromatic rings. The van der Waals surface area contributed by atoms with Crippen molar-refractivity contribution in [1.82, 2.24) is 10.2 Å². The second kappa shape index (κ2) is 8.98. The zero-order valence-electron chi connectivity index (χ0n) is 14.6. The van der Waals surface area contributed by atoms with E-state index in [9.17, 15) is 14.4 Å². The zero-order valence-corrected chi connectivity index (χ0v) is 16.7. The number of halogens is 1. The SMILES string of the molecule is O=C(CC1C(=O)NCCN1C(=O)c1cccc(I)c1)OCc1ccccc1. The maximum atomic E-state index is 12.9. The Morgan fingerprint density at radius 1 is 1.15 bits per heavy atom. The molecular formula is C20H19IN2O4. The quantitative estimate of drug-likeness (QED) is 0.529. The summed E-state index contributed by atoms with van der Waals surface area (Å²) in [6.07, 6.45) is -0.172. The number of carbonyl (C=O) groups is 3. The minimum Gasteiger partial charge on any atom is -0.461 e. The van der Waals surface area contributed by atoms with Crippen molar-refractivity contribution in [3.63, 3.8) is 0 Å². The Hall–Kier alpha value is -2.42. The fraction of sp³-hybridized carbons (Fsp3) is 0.250. The van der Waals surface area contributed by atoms with Crippen LogP contribution in [0.5, 0.6) is 0 Å². The lowest BCUT2D eigenvalue weighted by Crippen LogP contribution is -2.57. The number of nitrogens with one attached hydrogen (secondary N) is 1. The van der Waals surface area contributed by atoms with Crippen LogP contribution in [0.1, 0.15) is 22.3 Å². The Bertz CT molecular complexity index is 841. The van der Waals surface area contributed by atoms with E-state index in [-0.39, 0.29) is 24.8 Å². The largest absolute Gasteiger partial charge is 0.461 e. The summed E-state index contributed by atoms with van der Waals surface area (Å²) in [7, 11) is 0. The first-order valence-electron chi connectivity index (χ1n) is 8.58. The van der Waals surface area contributed by atoms with E-state index in [2.05, 4.69) is 27.9 Å². The standard InChI is InChI=1S/C20H19IN2O4/c21-16-8-4-7-15(11-16)20(26)23-10-9-22-19(25)17(23)12-18(24)27-13-14-5-2-1-3-6-14/h1-8,11,17H,9-10,12-13H2,(H,22,25). The molecule has 3 rings (SSSR count). The Morgan fingerprint density at radius 3 is 2.67 bits per heavy atom. The summed E-state index contributed by atoms with van der Waals surface area (Å²) >= 11 is 2.13. The molecule has 0 saturated carbocycles. The topological polar surface area (TPSA) is 75.7 Å². The fourth-order valence-corrected chi connectivity index (χ4v) is 3.45. The van der Waals surface area contributed by atoms with Gasteiger partial charge in [0.2, 0.25) is 5.91 Å². The third-order valence-electron chi connectivity index (χ3n) is 4.27. The number of piperazine rings is 1. The first kappa shape index (κ1) is 19.3. The highest BCUT2D eigenvalue weighted by molar-refractivity contribution is 14.1. The lowest BCUT2D eigenvalue weighted by Gasteiger charge is -2.34. The Balaban J connectivity index is 1.67. The molecule has 27 heavy (non-hydrogen) atoms. The van der Waals surface area contributed by atoms with Gasteiger partial charge in [0.15, 0.2) is 0 Å².